The van der Waals surface area contributed by atoms with Crippen LogP contribution in [0.5, 0.6) is 0 Å². The minimum Gasteiger partial charge on any atom is -0.315 e. The Balaban J connectivity index is 2.36. The van der Waals surface area contributed by atoms with Gasteiger partial charge in [0, 0.05) is 0 Å². The number of H-pyrrole nitrogens is 2. The molecule has 0 aliphatic rings. The van der Waals surface area contributed by atoms with Crippen LogP contribution in [0.15, 0.2) is 27.8 Å². The Hall–Kier alpha value is -2.84. The van der Waals surface area contributed by atoms with Crippen LogP contribution in [0.2, 0.25) is 0 Å². The summed E-state index contributed by atoms with van der Waals surface area (Å²) in [5.74, 6) is -3.16. The first kappa shape index (κ1) is 12.6. The van der Waals surface area contributed by atoms with Gasteiger partial charge in [-0.05, 0) is 12.1 Å². The van der Waals surface area contributed by atoms with Gasteiger partial charge in [0.25, 0.3) is 11.5 Å². The van der Waals surface area contributed by atoms with Crippen LogP contribution < -0.4 is 16.6 Å². The zero-order valence-corrected chi connectivity index (χ0v) is 9.16. The first-order valence-electron chi connectivity index (χ1n) is 4.93. The van der Waals surface area contributed by atoms with Crippen molar-refractivity contribution >= 4 is 11.6 Å². The van der Waals surface area contributed by atoms with Gasteiger partial charge in [-0.1, -0.05) is 6.07 Å². The standard InChI is InChI=1S/C10H6F2N4O3/c11-4-2-1-3-5(12)6(4)13-8(17)7-9(18)14-10(19)16-15-7/h1-3H,(H,13,17)(H2,14,16,18,19). The maximum Gasteiger partial charge on any atom is 0.342 e. The number of nitrogens with one attached hydrogen (secondary N) is 3. The number of halogens is 2. The first-order chi connectivity index (χ1) is 8.99. The largest absolute Gasteiger partial charge is 0.342 e. The lowest BCUT2D eigenvalue weighted by atomic mass is 10.3. The molecule has 3 N–H and O–H groups in total. The van der Waals surface area contributed by atoms with Crippen LogP contribution in [0, 0.1) is 11.6 Å². The fraction of sp³-hybridized carbons (Fsp3) is 0. The van der Waals surface area contributed by atoms with Crippen LogP contribution in [0.3, 0.4) is 0 Å². The SMILES string of the molecule is O=C(Nc1c(F)cccc1F)c1n[nH]c(=O)[nH]c1=O. The highest BCUT2D eigenvalue weighted by Gasteiger charge is 2.17. The molecule has 2 aromatic rings. The normalized spacial score (nSPS) is 10.2. The molecule has 0 saturated heterocycles. The summed E-state index contributed by atoms with van der Waals surface area (Å²) in [6.07, 6.45) is 0. The summed E-state index contributed by atoms with van der Waals surface area (Å²) in [5, 5.41) is 6.88. The molecule has 0 saturated carbocycles. The number of nitrogens with zero attached hydrogens (tertiary/aromatic N) is 1. The summed E-state index contributed by atoms with van der Waals surface area (Å²) in [4.78, 5) is 35.3. The Labute approximate surface area is 103 Å². The Bertz CT molecular complexity index is 733. The molecule has 0 aliphatic carbocycles. The van der Waals surface area contributed by atoms with E-state index in [0.717, 1.165) is 18.2 Å². The van der Waals surface area contributed by atoms with E-state index in [2.05, 4.69) is 5.10 Å². The maximum atomic E-state index is 13.3. The molecular formula is C10H6F2N4O3. The van der Waals surface area contributed by atoms with Gasteiger partial charge in [0.2, 0.25) is 5.69 Å². The van der Waals surface area contributed by atoms with Gasteiger partial charge in [-0.25, -0.2) is 18.7 Å². The van der Waals surface area contributed by atoms with Gasteiger partial charge in [-0.3, -0.25) is 14.6 Å². The van der Waals surface area contributed by atoms with Gasteiger partial charge in [0.05, 0.1) is 0 Å². The number of carbonyl (C=O) groups is 1. The van der Waals surface area contributed by atoms with Crippen molar-refractivity contribution in [2.45, 2.75) is 0 Å². The molecule has 9 heteroatoms. The number of para-hydroxylation sites is 1. The van der Waals surface area contributed by atoms with E-state index in [-0.39, 0.29) is 0 Å². The highest BCUT2D eigenvalue weighted by molar-refractivity contribution is 6.02. The molecule has 0 unspecified atom stereocenters. The second kappa shape index (κ2) is 4.80. The molecule has 0 bridgehead atoms. The molecular weight excluding hydrogens is 262 g/mol. The molecule has 0 fully saturated rings. The van der Waals surface area contributed by atoms with Crippen molar-refractivity contribution in [1.82, 2.24) is 15.2 Å². The van der Waals surface area contributed by atoms with Crippen LogP contribution in [0.1, 0.15) is 10.5 Å². The second-order valence-electron chi connectivity index (χ2n) is 3.41. The number of aromatic amines is 2. The maximum absolute atomic E-state index is 13.3. The Morgan fingerprint density at radius 2 is 1.84 bits per heavy atom. The molecule has 0 spiro atoms. The van der Waals surface area contributed by atoms with Crippen molar-refractivity contribution in [1.29, 1.82) is 0 Å². The van der Waals surface area contributed by atoms with Gasteiger partial charge in [0.1, 0.15) is 17.3 Å². The topological polar surface area (TPSA) is 108 Å². The van der Waals surface area contributed by atoms with E-state index < -0.39 is 40.2 Å². The smallest absolute Gasteiger partial charge is 0.315 e. The number of anilines is 1. The van der Waals surface area contributed by atoms with E-state index in [1.807, 2.05) is 10.4 Å². The minimum atomic E-state index is -1.15. The van der Waals surface area contributed by atoms with Gasteiger partial charge in [-0.2, -0.15) is 5.10 Å². The number of aromatic nitrogens is 3. The average Bonchev–Trinajstić information content (AvgIpc) is 2.33. The summed E-state index contributed by atoms with van der Waals surface area (Å²) >= 11 is 0. The van der Waals surface area contributed by atoms with E-state index in [1.54, 1.807) is 4.98 Å². The predicted octanol–water partition coefficient (Wildman–Crippen LogP) is -0.0113. The van der Waals surface area contributed by atoms with Crippen LogP contribution in [0.4, 0.5) is 14.5 Å². The fourth-order valence-electron chi connectivity index (χ4n) is 1.29. The molecule has 0 radical (unpaired) electrons. The van der Waals surface area contributed by atoms with E-state index in [0.29, 0.717) is 0 Å². The lowest BCUT2D eigenvalue weighted by molar-refractivity contribution is 0.101. The molecule has 1 amide bonds. The first-order valence-corrected chi connectivity index (χ1v) is 4.93. The zero-order chi connectivity index (χ0) is 14.0. The summed E-state index contributed by atoms with van der Waals surface area (Å²) in [5.41, 5.74) is -3.40. The molecule has 19 heavy (non-hydrogen) atoms. The van der Waals surface area contributed by atoms with Gasteiger partial charge >= 0.3 is 5.69 Å². The fourth-order valence-corrected chi connectivity index (χ4v) is 1.29. The Morgan fingerprint density at radius 1 is 1.21 bits per heavy atom. The summed E-state index contributed by atoms with van der Waals surface area (Å²) < 4.78 is 26.5. The number of amides is 1. The third-order valence-corrected chi connectivity index (χ3v) is 2.13. The summed E-state index contributed by atoms with van der Waals surface area (Å²) in [6, 6.07) is 2.98. The molecule has 1 aromatic heterocycles. The lowest BCUT2D eigenvalue weighted by Crippen LogP contribution is -2.32. The van der Waals surface area contributed by atoms with Crippen LogP contribution in [0.25, 0.3) is 0 Å². The highest BCUT2D eigenvalue weighted by Crippen LogP contribution is 2.18. The molecule has 0 atom stereocenters. The van der Waals surface area contributed by atoms with Crippen LogP contribution in [-0.4, -0.2) is 21.1 Å². The van der Waals surface area contributed by atoms with E-state index in [4.69, 9.17) is 0 Å². The van der Waals surface area contributed by atoms with Crippen LogP contribution in [-0.2, 0) is 0 Å². The monoisotopic (exact) mass is 268 g/mol. The van der Waals surface area contributed by atoms with Crippen molar-refractivity contribution in [3.63, 3.8) is 0 Å². The summed E-state index contributed by atoms with van der Waals surface area (Å²) in [7, 11) is 0. The molecule has 1 heterocycles. The molecule has 98 valence electrons. The number of benzene rings is 1. The van der Waals surface area contributed by atoms with Gasteiger partial charge in [0.15, 0.2) is 0 Å². The Kier molecular flexibility index (Phi) is 3.19. The van der Waals surface area contributed by atoms with Gasteiger partial charge < -0.3 is 5.32 Å². The quantitative estimate of drug-likeness (QED) is 0.711. The second-order valence-corrected chi connectivity index (χ2v) is 3.41. The lowest BCUT2D eigenvalue weighted by Gasteiger charge is -2.05. The number of rotatable bonds is 2. The predicted molar refractivity (Wildman–Crippen MR) is 59.8 cm³/mol. The minimum absolute atomic E-state index is 0.708. The molecule has 7 nitrogen and oxygen atoms in total. The van der Waals surface area contributed by atoms with E-state index >= 15 is 0 Å². The van der Waals surface area contributed by atoms with Crippen molar-refractivity contribution in [3.05, 3.63) is 56.4 Å². The third kappa shape index (κ3) is 2.54. The number of hydrogen-bond acceptors (Lipinski definition) is 4. The molecule has 0 aliphatic heterocycles. The summed E-state index contributed by atoms with van der Waals surface area (Å²) in [6.45, 7) is 0. The van der Waals surface area contributed by atoms with Gasteiger partial charge in [-0.15, -0.1) is 0 Å². The number of hydrogen-bond donors (Lipinski definition) is 3. The van der Waals surface area contributed by atoms with Crippen molar-refractivity contribution in [3.8, 4) is 0 Å². The zero-order valence-electron chi connectivity index (χ0n) is 9.16. The molecule has 1 aromatic carbocycles. The highest BCUT2D eigenvalue weighted by atomic mass is 19.1. The van der Waals surface area contributed by atoms with Crippen molar-refractivity contribution in [2.75, 3.05) is 5.32 Å². The average molecular weight is 268 g/mol. The van der Waals surface area contributed by atoms with Crippen molar-refractivity contribution < 1.29 is 13.6 Å². The molecule has 2 rings (SSSR count). The van der Waals surface area contributed by atoms with E-state index in [9.17, 15) is 23.2 Å². The third-order valence-electron chi connectivity index (χ3n) is 2.13. The number of carbonyl (C=O) groups excluding carboxylic acids is 1. The van der Waals surface area contributed by atoms with Crippen molar-refractivity contribution in [2.24, 2.45) is 0 Å². The van der Waals surface area contributed by atoms with E-state index in [1.165, 1.54) is 0 Å². The Morgan fingerprint density at radius 3 is 2.42 bits per heavy atom. The van der Waals surface area contributed by atoms with Crippen LogP contribution >= 0.6 is 0 Å².